The van der Waals surface area contributed by atoms with Crippen molar-refractivity contribution in [1.29, 1.82) is 0 Å². The summed E-state index contributed by atoms with van der Waals surface area (Å²) in [6, 6.07) is 14.1. The molecule has 0 atom stereocenters. The lowest BCUT2D eigenvalue weighted by Crippen LogP contribution is -2.43. The fourth-order valence-electron chi connectivity index (χ4n) is 2.24. The molecule has 0 spiro atoms. The first-order valence-electron chi connectivity index (χ1n) is 7.46. The van der Waals surface area contributed by atoms with E-state index in [4.69, 9.17) is 16.8 Å². The Hall–Kier alpha value is -2.53. The van der Waals surface area contributed by atoms with E-state index in [2.05, 4.69) is 15.8 Å². The number of urea groups is 1. The molecule has 0 aliphatic heterocycles. The Morgan fingerprint density at radius 2 is 1.83 bits per heavy atom. The van der Waals surface area contributed by atoms with Gasteiger partial charge in [0.1, 0.15) is 0 Å². The summed E-state index contributed by atoms with van der Waals surface area (Å²) < 4.78 is 0. The van der Waals surface area contributed by atoms with Crippen molar-refractivity contribution < 1.29 is 10.0 Å². The van der Waals surface area contributed by atoms with Crippen LogP contribution in [0.5, 0.6) is 0 Å². The van der Waals surface area contributed by atoms with Crippen LogP contribution in [0.2, 0.25) is 5.02 Å². The second kappa shape index (κ2) is 7.36. The standard InChI is InChI=1S/C18H20ClN3O2/c1-12(22-24)13-5-4-6-14(11-13)18(2,3)21-17(23)20-16-9-7-15(19)8-10-16/h4-11,24H,1-3H3,(H2,20,21,23)/b22-12+. The van der Waals surface area contributed by atoms with E-state index in [1.54, 1.807) is 31.2 Å². The first-order valence-corrected chi connectivity index (χ1v) is 7.84. The summed E-state index contributed by atoms with van der Waals surface area (Å²) in [4.78, 5) is 12.2. The number of oxime groups is 1. The van der Waals surface area contributed by atoms with Crippen LogP contribution in [0.15, 0.2) is 53.7 Å². The number of nitrogens with one attached hydrogen (secondary N) is 2. The third-order valence-corrected chi connectivity index (χ3v) is 3.93. The Labute approximate surface area is 146 Å². The molecule has 2 amide bonds. The van der Waals surface area contributed by atoms with Crippen LogP contribution in [0.1, 0.15) is 31.9 Å². The molecule has 3 N–H and O–H groups in total. The highest BCUT2D eigenvalue weighted by Crippen LogP contribution is 2.22. The number of rotatable bonds is 4. The molecule has 0 saturated carbocycles. The minimum absolute atomic E-state index is 0.319. The number of amides is 2. The summed E-state index contributed by atoms with van der Waals surface area (Å²) in [5.74, 6) is 0. The molecule has 126 valence electrons. The number of carbonyl (C=O) groups excluding carboxylic acids is 1. The molecule has 0 aromatic heterocycles. The smallest absolute Gasteiger partial charge is 0.319 e. The molecule has 0 unspecified atom stereocenters. The van der Waals surface area contributed by atoms with Crippen molar-refractivity contribution in [3.8, 4) is 0 Å². The van der Waals surface area contributed by atoms with Crippen molar-refractivity contribution >= 4 is 29.0 Å². The fourth-order valence-corrected chi connectivity index (χ4v) is 2.37. The molecule has 5 nitrogen and oxygen atoms in total. The second-order valence-corrected chi connectivity index (χ2v) is 6.41. The van der Waals surface area contributed by atoms with Crippen LogP contribution in [-0.2, 0) is 5.54 Å². The van der Waals surface area contributed by atoms with Crippen molar-refractivity contribution in [3.05, 3.63) is 64.7 Å². The zero-order chi connectivity index (χ0) is 17.7. The first-order chi connectivity index (χ1) is 11.3. The molecule has 0 aliphatic rings. The summed E-state index contributed by atoms with van der Waals surface area (Å²) >= 11 is 5.83. The normalized spacial score (nSPS) is 11.9. The Balaban J connectivity index is 2.12. The van der Waals surface area contributed by atoms with Gasteiger partial charge in [0.25, 0.3) is 0 Å². The number of nitrogens with zero attached hydrogens (tertiary/aromatic N) is 1. The molecule has 2 rings (SSSR count). The maximum atomic E-state index is 12.2. The van der Waals surface area contributed by atoms with Gasteiger partial charge >= 0.3 is 6.03 Å². The van der Waals surface area contributed by atoms with Gasteiger partial charge in [-0.1, -0.05) is 35.0 Å². The van der Waals surface area contributed by atoms with E-state index < -0.39 is 5.54 Å². The molecule has 0 aliphatic carbocycles. The minimum atomic E-state index is -0.609. The Kier molecular flexibility index (Phi) is 5.46. The van der Waals surface area contributed by atoms with Crippen LogP contribution in [0, 0.1) is 0 Å². The molecule has 2 aromatic carbocycles. The molecule has 24 heavy (non-hydrogen) atoms. The fraction of sp³-hybridized carbons (Fsp3) is 0.222. The van der Waals surface area contributed by atoms with Crippen molar-refractivity contribution in [3.63, 3.8) is 0 Å². The number of hydrogen-bond donors (Lipinski definition) is 3. The minimum Gasteiger partial charge on any atom is -0.411 e. The van der Waals surface area contributed by atoms with Crippen molar-refractivity contribution in [2.45, 2.75) is 26.3 Å². The molecular formula is C18H20ClN3O2. The van der Waals surface area contributed by atoms with E-state index in [1.165, 1.54) is 0 Å². The average Bonchev–Trinajstić information content (AvgIpc) is 2.56. The van der Waals surface area contributed by atoms with Crippen molar-refractivity contribution in [2.75, 3.05) is 5.32 Å². The van der Waals surface area contributed by atoms with Gasteiger partial charge in [0, 0.05) is 10.7 Å². The lowest BCUT2D eigenvalue weighted by molar-refractivity contribution is 0.242. The van der Waals surface area contributed by atoms with Crippen LogP contribution >= 0.6 is 11.6 Å². The van der Waals surface area contributed by atoms with E-state index in [-0.39, 0.29) is 6.03 Å². The molecule has 2 aromatic rings. The number of carbonyl (C=O) groups is 1. The van der Waals surface area contributed by atoms with Crippen molar-refractivity contribution in [1.82, 2.24) is 5.32 Å². The quantitative estimate of drug-likeness (QED) is 0.430. The summed E-state index contributed by atoms with van der Waals surface area (Å²) in [6.07, 6.45) is 0. The van der Waals surface area contributed by atoms with E-state index in [9.17, 15) is 4.79 Å². The average molecular weight is 346 g/mol. The van der Waals surface area contributed by atoms with Gasteiger partial charge in [-0.05, 0) is 62.2 Å². The maximum absolute atomic E-state index is 12.2. The predicted molar refractivity (Wildman–Crippen MR) is 97.1 cm³/mol. The zero-order valence-electron chi connectivity index (χ0n) is 13.8. The zero-order valence-corrected chi connectivity index (χ0v) is 14.6. The number of anilines is 1. The van der Waals surface area contributed by atoms with Crippen LogP contribution in [0.25, 0.3) is 0 Å². The van der Waals surface area contributed by atoms with Crippen LogP contribution < -0.4 is 10.6 Å². The summed E-state index contributed by atoms with van der Waals surface area (Å²) in [6.45, 7) is 5.52. The third kappa shape index (κ3) is 4.49. The molecule has 0 bridgehead atoms. The van der Waals surface area contributed by atoms with E-state index in [1.807, 2.05) is 38.1 Å². The Morgan fingerprint density at radius 1 is 1.17 bits per heavy atom. The van der Waals surface area contributed by atoms with E-state index >= 15 is 0 Å². The molecular weight excluding hydrogens is 326 g/mol. The Bertz CT molecular complexity index is 755. The van der Waals surface area contributed by atoms with Gasteiger partial charge in [-0.2, -0.15) is 0 Å². The van der Waals surface area contributed by atoms with Gasteiger partial charge in [0.2, 0.25) is 0 Å². The first kappa shape index (κ1) is 17.8. The van der Waals surface area contributed by atoms with Gasteiger partial charge in [-0.3, -0.25) is 0 Å². The van der Waals surface area contributed by atoms with Gasteiger partial charge in [-0.25, -0.2) is 4.79 Å². The highest BCUT2D eigenvalue weighted by Gasteiger charge is 2.23. The van der Waals surface area contributed by atoms with Crippen LogP contribution in [0.4, 0.5) is 10.5 Å². The molecule has 0 saturated heterocycles. The highest BCUT2D eigenvalue weighted by molar-refractivity contribution is 6.30. The molecule has 0 fully saturated rings. The second-order valence-electron chi connectivity index (χ2n) is 5.98. The highest BCUT2D eigenvalue weighted by atomic mass is 35.5. The van der Waals surface area contributed by atoms with E-state index in [0.717, 1.165) is 11.1 Å². The number of benzene rings is 2. The molecule has 6 heteroatoms. The number of hydrogen-bond acceptors (Lipinski definition) is 3. The van der Waals surface area contributed by atoms with Gasteiger partial charge in [0.15, 0.2) is 0 Å². The summed E-state index contributed by atoms with van der Waals surface area (Å²) in [7, 11) is 0. The Morgan fingerprint density at radius 3 is 2.46 bits per heavy atom. The largest absolute Gasteiger partial charge is 0.411 e. The predicted octanol–water partition coefficient (Wildman–Crippen LogP) is 4.60. The van der Waals surface area contributed by atoms with Crippen LogP contribution in [0.3, 0.4) is 0 Å². The number of halogens is 1. The molecule has 0 heterocycles. The van der Waals surface area contributed by atoms with Crippen LogP contribution in [-0.4, -0.2) is 17.0 Å². The van der Waals surface area contributed by atoms with Gasteiger partial charge in [-0.15, -0.1) is 0 Å². The topological polar surface area (TPSA) is 73.7 Å². The van der Waals surface area contributed by atoms with Gasteiger partial charge < -0.3 is 15.8 Å². The SMILES string of the molecule is C/C(=N\O)c1cccc(C(C)(C)NC(=O)Nc2ccc(Cl)cc2)c1. The summed E-state index contributed by atoms with van der Waals surface area (Å²) in [5, 5.41) is 18.4. The van der Waals surface area contributed by atoms with Crippen molar-refractivity contribution in [2.24, 2.45) is 5.16 Å². The monoisotopic (exact) mass is 345 g/mol. The third-order valence-electron chi connectivity index (χ3n) is 3.68. The van der Waals surface area contributed by atoms with Gasteiger partial charge in [0.05, 0.1) is 11.3 Å². The lowest BCUT2D eigenvalue weighted by atomic mass is 9.92. The lowest BCUT2D eigenvalue weighted by Gasteiger charge is -2.27. The molecule has 0 radical (unpaired) electrons. The summed E-state index contributed by atoms with van der Waals surface area (Å²) in [5.41, 5.74) is 2.25. The maximum Gasteiger partial charge on any atom is 0.319 e. The van der Waals surface area contributed by atoms with E-state index in [0.29, 0.717) is 16.4 Å².